The van der Waals surface area contributed by atoms with E-state index in [0.717, 1.165) is 6.20 Å². The second-order valence-electron chi connectivity index (χ2n) is 2.51. The molecule has 2 aromatic heterocycles. The van der Waals surface area contributed by atoms with Crippen LogP contribution in [0, 0.1) is 0 Å². The number of hydrogen-bond acceptors (Lipinski definition) is 4. The van der Waals surface area contributed by atoms with Crippen LogP contribution in [0.2, 0.25) is 5.15 Å². The van der Waals surface area contributed by atoms with Gasteiger partial charge in [0.1, 0.15) is 10.9 Å². The Morgan fingerprint density at radius 1 is 1.64 bits per heavy atom. The Morgan fingerprint density at radius 2 is 2.36 bits per heavy atom. The van der Waals surface area contributed by atoms with Gasteiger partial charge in [0.15, 0.2) is 10.7 Å². The highest BCUT2D eigenvalue weighted by Gasteiger charge is 2.18. The molecule has 0 bridgehead atoms. The summed E-state index contributed by atoms with van der Waals surface area (Å²) in [5.74, 6) is -1.22. The molecule has 2 aromatic rings. The lowest BCUT2D eigenvalue weighted by atomic mass is 10.2. The zero-order valence-corrected chi connectivity index (χ0v) is 7.33. The van der Waals surface area contributed by atoms with E-state index in [1.54, 1.807) is 0 Å². The number of hydrogen-bond donors (Lipinski definition) is 2. The fourth-order valence-electron chi connectivity index (χ4n) is 1.09. The number of aromatic amines is 1. The minimum atomic E-state index is -1.22. The number of fused-ring (bicyclic) bond motifs is 1. The average Bonchev–Trinajstić information content (AvgIpc) is 2.49. The van der Waals surface area contributed by atoms with Crippen LogP contribution in [0.1, 0.15) is 10.4 Å². The third-order valence-electron chi connectivity index (χ3n) is 1.70. The van der Waals surface area contributed by atoms with Crippen LogP contribution in [0.4, 0.5) is 0 Å². The molecular weight excluding hydrogens is 212 g/mol. The van der Waals surface area contributed by atoms with Crippen molar-refractivity contribution in [3.8, 4) is 0 Å². The van der Waals surface area contributed by atoms with E-state index in [4.69, 9.17) is 16.7 Å². The second-order valence-corrected chi connectivity index (χ2v) is 2.87. The third kappa shape index (κ3) is 1.08. The van der Waals surface area contributed by atoms with Gasteiger partial charge in [-0.05, 0) is 0 Å². The highest BCUT2D eigenvalue weighted by atomic mass is 35.5. The van der Waals surface area contributed by atoms with Gasteiger partial charge in [0.25, 0.3) is 5.56 Å². The first-order chi connectivity index (χ1) is 6.61. The largest absolute Gasteiger partial charge is 0.477 e. The number of carbonyl (C=O) groups is 1. The lowest BCUT2D eigenvalue weighted by molar-refractivity contribution is 0.0697. The summed E-state index contributed by atoms with van der Waals surface area (Å²) in [5, 5.41) is 11.8. The molecular formula is C7H3ClN2O4. The molecule has 0 atom stereocenters. The molecule has 0 radical (unpaired) electrons. The van der Waals surface area contributed by atoms with Crippen molar-refractivity contribution in [3.63, 3.8) is 0 Å². The quantitative estimate of drug-likeness (QED) is 0.734. The van der Waals surface area contributed by atoms with Crippen molar-refractivity contribution in [1.82, 2.24) is 10.1 Å². The number of rotatable bonds is 1. The van der Waals surface area contributed by atoms with E-state index in [9.17, 15) is 9.59 Å². The number of H-pyrrole nitrogens is 1. The summed E-state index contributed by atoms with van der Waals surface area (Å²) >= 11 is 5.54. The van der Waals surface area contributed by atoms with E-state index >= 15 is 0 Å². The molecule has 6 nitrogen and oxygen atoms in total. The number of carboxylic acids is 1. The summed E-state index contributed by atoms with van der Waals surface area (Å²) < 4.78 is 4.64. The van der Waals surface area contributed by atoms with Crippen molar-refractivity contribution >= 4 is 28.5 Å². The minimum absolute atomic E-state index is 0.0495. The van der Waals surface area contributed by atoms with Crippen LogP contribution in [-0.2, 0) is 0 Å². The number of pyridine rings is 1. The number of nitrogens with one attached hydrogen (secondary N) is 1. The van der Waals surface area contributed by atoms with Crippen molar-refractivity contribution in [2.45, 2.75) is 0 Å². The number of aromatic nitrogens is 2. The van der Waals surface area contributed by atoms with Crippen LogP contribution in [0.25, 0.3) is 11.0 Å². The average molecular weight is 215 g/mol. The van der Waals surface area contributed by atoms with Crippen LogP contribution in [0.3, 0.4) is 0 Å². The summed E-state index contributed by atoms with van der Waals surface area (Å²) in [7, 11) is 0. The normalized spacial score (nSPS) is 10.6. The van der Waals surface area contributed by atoms with E-state index < -0.39 is 11.5 Å². The number of carboxylic acid groups (broad SMARTS) is 1. The van der Waals surface area contributed by atoms with Crippen LogP contribution in [0.15, 0.2) is 15.5 Å². The van der Waals surface area contributed by atoms with Gasteiger partial charge in [-0.3, -0.25) is 4.79 Å². The van der Waals surface area contributed by atoms with Crippen LogP contribution in [0.5, 0.6) is 0 Å². The Labute approximate surface area is 81.1 Å². The first-order valence-electron chi connectivity index (χ1n) is 3.51. The predicted octanol–water partition coefficient (Wildman–Crippen LogP) is 0.868. The molecule has 14 heavy (non-hydrogen) atoms. The third-order valence-corrected chi connectivity index (χ3v) is 1.96. The highest BCUT2D eigenvalue weighted by Crippen LogP contribution is 2.21. The molecule has 0 saturated heterocycles. The van der Waals surface area contributed by atoms with E-state index in [-0.39, 0.29) is 21.7 Å². The molecule has 0 aliphatic heterocycles. The Hall–Kier alpha value is -1.82. The SMILES string of the molecule is O=C(O)c1c[nH]c(=O)c2c(Cl)noc12. The van der Waals surface area contributed by atoms with Gasteiger partial charge in [-0.15, -0.1) is 0 Å². The van der Waals surface area contributed by atoms with Crippen LogP contribution >= 0.6 is 11.6 Å². The number of halogens is 1. The lowest BCUT2D eigenvalue weighted by Crippen LogP contribution is -2.08. The van der Waals surface area contributed by atoms with Crippen LogP contribution < -0.4 is 5.56 Å². The summed E-state index contributed by atoms with van der Waals surface area (Å²) in [5.41, 5.74) is -0.832. The molecule has 0 unspecified atom stereocenters. The summed E-state index contributed by atoms with van der Waals surface area (Å²) in [6.45, 7) is 0. The molecule has 72 valence electrons. The van der Waals surface area contributed by atoms with Crippen molar-refractivity contribution in [1.29, 1.82) is 0 Å². The molecule has 0 aliphatic rings. The number of aromatic carboxylic acids is 1. The standard InChI is InChI=1S/C7H3ClN2O4/c8-5-3-4(14-10-5)2(7(12)13)1-9-6(3)11/h1H,(H,9,11)(H,12,13). The van der Waals surface area contributed by atoms with Gasteiger partial charge in [-0.2, -0.15) is 0 Å². The molecule has 0 saturated carbocycles. The smallest absolute Gasteiger partial charge is 0.341 e. The first kappa shape index (κ1) is 8.76. The highest BCUT2D eigenvalue weighted by molar-refractivity contribution is 6.34. The maximum Gasteiger partial charge on any atom is 0.341 e. The van der Waals surface area contributed by atoms with E-state index in [0.29, 0.717) is 0 Å². The molecule has 0 aromatic carbocycles. The van der Waals surface area contributed by atoms with Crippen molar-refractivity contribution in [2.75, 3.05) is 0 Å². The van der Waals surface area contributed by atoms with Crippen LogP contribution in [-0.4, -0.2) is 21.2 Å². The van der Waals surface area contributed by atoms with E-state index in [2.05, 4.69) is 14.7 Å². The van der Waals surface area contributed by atoms with Gasteiger partial charge in [0, 0.05) is 6.20 Å². The van der Waals surface area contributed by atoms with Gasteiger partial charge in [0.05, 0.1) is 0 Å². The van der Waals surface area contributed by atoms with Gasteiger partial charge in [-0.25, -0.2) is 4.79 Å². The maximum atomic E-state index is 11.2. The Kier molecular flexibility index (Phi) is 1.78. The summed E-state index contributed by atoms with van der Waals surface area (Å²) in [6.07, 6.45) is 1.04. The van der Waals surface area contributed by atoms with Crippen molar-refractivity contribution in [3.05, 3.63) is 27.3 Å². The maximum absolute atomic E-state index is 11.2. The zero-order chi connectivity index (χ0) is 10.3. The Bertz CT molecular complexity index is 571. The predicted molar refractivity (Wildman–Crippen MR) is 46.6 cm³/mol. The van der Waals surface area contributed by atoms with E-state index in [1.807, 2.05) is 0 Å². The van der Waals surface area contributed by atoms with Gasteiger partial charge < -0.3 is 14.6 Å². The second kappa shape index (κ2) is 2.85. The topological polar surface area (TPSA) is 96.2 Å². The fraction of sp³-hybridized carbons (Fsp3) is 0. The van der Waals surface area contributed by atoms with Gasteiger partial charge in [0.2, 0.25) is 0 Å². The molecule has 0 spiro atoms. The first-order valence-corrected chi connectivity index (χ1v) is 3.89. The molecule has 0 fully saturated rings. The molecule has 7 heteroatoms. The molecule has 0 aliphatic carbocycles. The minimum Gasteiger partial charge on any atom is -0.477 e. The molecule has 2 heterocycles. The lowest BCUT2D eigenvalue weighted by Gasteiger charge is -1.92. The zero-order valence-electron chi connectivity index (χ0n) is 6.57. The summed E-state index contributed by atoms with van der Waals surface area (Å²) in [6, 6.07) is 0. The number of nitrogens with zero attached hydrogens (tertiary/aromatic N) is 1. The molecule has 2 rings (SSSR count). The molecule has 2 N–H and O–H groups in total. The Morgan fingerprint density at radius 3 is 3.00 bits per heavy atom. The van der Waals surface area contributed by atoms with Crippen molar-refractivity contribution in [2.24, 2.45) is 0 Å². The van der Waals surface area contributed by atoms with Gasteiger partial charge in [-0.1, -0.05) is 16.8 Å². The monoisotopic (exact) mass is 214 g/mol. The van der Waals surface area contributed by atoms with E-state index in [1.165, 1.54) is 0 Å². The Balaban J connectivity index is 2.98. The molecule has 0 amide bonds. The van der Waals surface area contributed by atoms with Gasteiger partial charge >= 0.3 is 5.97 Å². The fourth-order valence-corrected chi connectivity index (χ4v) is 1.29. The summed E-state index contributed by atoms with van der Waals surface area (Å²) in [4.78, 5) is 24.1. The van der Waals surface area contributed by atoms with Crippen molar-refractivity contribution < 1.29 is 14.4 Å².